The van der Waals surface area contributed by atoms with E-state index < -0.39 is 6.10 Å². The molecule has 132 valence electrons. The van der Waals surface area contributed by atoms with Gasteiger partial charge in [-0.1, -0.05) is 23.2 Å². The zero-order chi connectivity index (χ0) is 17.8. The predicted molar refractivity (Wildman–Crippen MR) is 97.4 cm³/mol. The zero-order valence-corrected chi connectivity index (χ0v) is 15.2. The van der Waals surface area contributed by atoms with Crippen molar-refractivity contribution in [3.63, 3.8) is 0 Å². The van der Waals surface area contributed by atoms with E-state index >= 15 is 0 Å². The minimum atomic E-state index is -0.627. The first-order valence-electron chi connectivity index (χ1n) is 7.97. The molecule has 1 saturated heterocycles. The van der Waals surface area contributed by atoms with Crippen LogP contribution in [0, 0.1) is 0 Å². The molecule has 1 fully saturated rings. The highest BCUT2D eigenvalue weighted by Gasteiger charge is 2.27. The first kappa shape index (κ1) is 17.8. The number of amides is 1. The number of rotatable bonds is 4. The fourth-order valence-electron chi connectivity index (χ4n) is 2.65. The van der Waals surface area contributed by atoms with Gasteiger partial charge in [-0.3, -0.25) is 4.79 Å². The summed E-state index contributed by atoms with van der Waals surface area (Å²) in [5, 5.41) is 0.911. The van der Waals surface area contributed by atoms with Gasteiger partial charge in [0.1, 0.15) is 5.75 Å². The van der Waals surface area contributed by atoms with E-state index in [0.717, 1.165) is 0 Å². The molecule has 6 nitrogen and oxygen atoms in total. The van der Waals surface area contributed by atoms with Crippen molar-refractivity contribution in [3.8, 4) is 5.75 Å². The summed E-state index contributed by atoms with van der Waals surface area (Å²) in [4.78, 5) is 24.9. The maximum atomic E-state index is 12.6. The number of hydrogen-bond acceptors (Lipinski definition) is 5. The monoisotopic (exact) mass is 380 g/mol. The molecule has 1 amide bonds. The molecule has 1 aliphatic heterocycles. The van der Waals surface area contributed by atoms with Crippen molar-refractivity contribution >= 4 is 35.1 Å². The van der Waals surface area contributed by atoms with E-state index in [4.69, 9.17) is 27.9 Å². The summed E-state index contributed by atoms with van der Waals surface area (Å²) in [7, 11) is 0. The Balaban J connectivity index is 1.56. The van der Waals surface area contributed by atoms with Crippen LogP contribution in [0.2, 0.25) is 10.0 Å². The Bertz CT molecular complexity index is 737. The summed E-state index contributed by atoms with van der Waals surface area (Å²) >= 11 is 12.0. The Morgan fingerprint density at radius 2 is 1.84 bits per heavy atom. The minimum Gasteiger partial charge on any atom is -0.479 e. The van der Waals surface area contributed by atoms with Crippen molar-refractivity contribution in [2.45, 2.75) is 13.0 Å². The lowest BCUT2D eigenvalue weighted by molar-refractivity contribution is -0.138. The van der Waals surface area contributed by atoms with Crippen LogP contribution in [0.4, 0.5) is 5.95 Å². The molecule has 0 unspecified atom stereocenters. The normalized spacial score (nSPS) is 15.8. The van der Waals surface area contributed by atoms with E-state index in [1.807, 2.05) is 0 Å². The summed E-state index contributed by atoms with van der Waals surface area (Å²) in [5.74, 6) is 1.06. The van der Waals surface area contributed by atoms with Gasteiger partial charge in [0, 0.05) is 43.6 Å². The molecule has 1 aromatic carbocycles. The predicted octanol–water partition coefficient (Wildman–Crippen LogP) is 2.90. The standard InChI is InChI=1S/C17H18Cl2N4O2/c1-12(25-15-4-3-13(18)11-14(15)19)16(24)22-7-9-23(10-8-22)17-20-5-2-6-21-17/h2-6,11-12H,7-10H2,1H3/t12-/m0/s1. The highest BCUT2D eigenvalue weighted by atomic mass is 35.5. The Morgan fingerprint density at radius 1 is 1.16 bits per heavy atom. The van der Waals surface area contributed by atoms with Crippen LogP contribution in [0.25, 0.3) is 0 Å². The van der Waals surface area contributed by atoms with E-state index in [1.165, 1.54) is 0 Å². The number of ether oxygens (including phenoxy) is 1. The lowest BCUT2D eigenvalue weighted by Gasteiger charge is -2.35. The van der Waals surface area contributed by atoms with Gasteiger partial charge in [0.15, 0.2) is 6.10 Å². The molecule has 0 saturated carbocycles. The van der Waals surface area contributed by atoms with Gasteiger partial charge in [0.25, 0.3) is 5.91 Å². The van der Waals surface area contributed by atoms with Crippen LogP contribution < -0.4 is 9.64 Å². The summed E-state index contributed by atoms with van der Waals surface area (Å²) in [6.45, 7) is 4.28. The molecule has 0 aliphatic carbocycles. The van der Waals surface area contributed by atoms with Crippen LogP contribution in [0.3, 0.4) is 0 Å². The second-order valence-electron chi connectivity index (χ2n) is 5.70. The smallest absolute Gasteiger partial charge is 0.263 e. The second-order valence-corrected chi connectivity index (χ2v) is 6.54. The van der Waals surface area contributed by atoms with Crippen molar-refractivity contribution < 1.29 is 9.53 Å². The van der Waals surface area contributed by atoms with Crippen molar-refractivity contribution in [1.29, 1.82) is 0 Å². The van der Waals surface area contributed by atoms with Gasteiger partial charge in [-0.05, 0) is 31.2 Å². The van der Waals surface area contributed by atoms with E-state index in [9.17, 15) is 4.79 Å². The largest absolute Gasteiger partial charge is 0.479 e. The number of piperazine rings is 1. The van der Waals surface area contributed by atoms with Crippen LogP contribution in [0.5, 0.6) is 5.75 Å². The summed E-state index contributed by atoms with van der Waals surface area (Å²) in [5.41, 5.74) is 0. The summed E-state index contributed by atoms with van der Waals surface area (Å²) in [6.07, 6.45) is 2.80. The van der Waals surface area contributed by atoms with E-state index in [2.05, 4.69) is 14.9 Å². The molecule has 0 bridgehead atoms. The number of benzene rings is 1. The minimum absolute atomic E-state index is 0.0698. The molecule has 0 N–H and O–H groups in total. The van der Waals surface area contributed by atoms with Gasteiger partial charge in [-0.2, -0.15) is 0 Å². The number of carbonyl (C=O) groups excluding carboxylic acids is 1. The third-order valence-electron chi connectivity index (χ3n) is 3.97. The summed E-state index contributed by atoms with van der Waals surface area (Å²) < 4.78 is 5.71. The molecule has 1 atom stereocenters. The lowest BCUT2D eigenvalue weighted by atomic mass is 10.2. The fraction of sp³-hybridized carbons (Fsp3) is 0.353. The maximum absolute atomic E-state index is 12.6. The Kier molecular flexibility index (Phi) is 5.60. The lowest BCUT2D eigenvalue weighted by Crippen LogP contribution is -2.52. The molecule has 3 rings (SSSR count). The number of aromatic nitrogens is 2. The molecule has 1 aliphatic rings. The van der Waals surface area contributed by atoms with Crippen molar-refractivity contribution in [2.24, 2.45) is 0 Å². The quantitative estimate of drug-likeness (QED) is 0.815. The van der Waals surface area contributed by atoms with Gasteiger partial charge in [-0.25, -0.2) is 9.97 Å². The van der Waals surface area contributed by atoms with Crippen molar-refractivity contribution in [1.82, 2.24) is 14.9 Å². The topological polar surface area (TPSA) is 58.6 Å². The number of carbonyl (C=O) groups is 1. The van der Waals surface area contributed by atoms with E-state index in [0.29, 0.717) is 47.9 Å². The average molecular weight is 381 g/mol. The summed E-state index contributed by atoms with van der Waals surface area (Å²) in [6, 6.07) is 6.72. The SMILES string of the molecule is C[C@H](Oc1ccc(Cl)cc1Cl)C(=O)N1CCN(c2ncccn2)CC1. The number of anilines is 1. The first-order chi connectivity index (χ1) is 12.0. The van der Waals surface area contributed by atoms with Crippen LogP contribution in [-0.2, 0) is 4.79 Å². The molecule has 2 aromatic rings. The highest BCUT2D eigenvalue weighted by molar-refractivity contribution is 6.35. The van der Waals surface area contributed by atoms with Crippen LogP contribution in [0.1, 0.15) is 6.92 Å². The second kappa shape index (κ2) is 7.89. The van der Waals surface area contributed by atoms with Gasteiger partial charge in [0.2, 0.25) is 5.95 Å². The molecular weight excluding hydrogens is 363 g/mol. The fourth-order valence-corrected chi connectivity index (χ4v) is 3.10. The number of nitrogens with zero attached hydrogens (tertiary/aromatic N) is 4. The maximum Gasteiger partial charge on any atom is 0.263 e. The first-order valence-corrected chi connectivity index (χ1v) is 8.72. The van der Waals surface area contributed by atoms with Crippen molar-refractivity contribution in [2.75, 3.05) is 31.1 Å². The zero-order valence-electron chi connectivity index (χ0n) is 13.7. The van der Waals surface area contributed by atoms with E-state index in [1.54, 1.807) is 48.5 Å². The third kappa shape index (κ3) is 4.32. The number of halogens is 2. The van der Waals surface area contributed by atoms with Crippen LogP contribution in [0.15, 0.2) is 36.7 Å². The molecule has 8 heteroatoms. The Morgan fingerprint density at radius 3 is 2.48 bits per heavy atom. The molecule has 25 heavy (non-hydrogen) atoms. The molecule has 1 aromatic heterocycles. The van der Waals surface area contributed by atoms with Gasteiger partial charge in [-0.15, -0.1) is 0 Å². The van der Waals surface area contributed by atoms with Gasteiger partial charge in [0.05, 0.1) is 5.02 Å². The third-order valence-corrected chi connectivity index (χ3v) is 4.50. The van der Waals surface area contributed by atoms with E-state index in [-0.39, 0.29) is 5.91 Å². The average Bonchev–Trinajstić information content (AvgIpc) is 2.64. The molecule has 2 heterocycles. The van der Waals surface area contributed by atoms with Crippen molar-refractivity contribution in [3.05, 3.63) is 46.7 Å². The Labute approximate surface area is 156 Å². The Hall–Kier alpha value is -2.05. The number of hydrogen-bond donors (Lipinski definition) is 0. The molecular formula is C17H18Cl2N4O2. The molecule has 0 radical (unpaired) electrons. The molecule has 0 spiro atoms. The van der Waals surface area contributed by atoms with Crippen LogP contribution >= 0.6 is 23.2 Å². The highest BCUT2D eigenvalue weighted by Crippen LogP contribution is 2.28. The van der Waals surface area contributed by atoms with Gasteiger partial charge < -0.3 is 14.5 Å². The van der Waals surface area contributed by atoms with Gasteiger partial charge >= 0.3 is 0 Å². The van der Waals surface area contributed by atoms with Crippen LogP contribution in [-0.4, -0.2) is 53.1 Å².